The molecule has 0 bridgehead atoms. The fraction of sp³-hybridized carbons (Fsp3) is 0.533. The van der Waals surface area contributed by atoms with E-state index in [9.17, 15) is 4.79 Å². The maximum Gasteiger partial charge on any atom is 0.407 e. The smallest absolute Gasteiger partial charge is 0.407 e. The van der Waals surface area contributed by atoms with Crippen LogP contribution in [0.1, 0.15) is 27.2 Å². The molecule has 4 N–H and O–H groups in total. The number of hydrogen-bond donors (Lipinski definition) is 3. The van der Waals surface area contributed by atoms with Crippen molar-refractivity contribution in [3.8, 4) is 0 Å². The number of nitrogens with two attached hydrogens (primary N) is 1. The predicted molar refractivity (Wildman–Crippen MR) is 87.7 cm³/mol. The van der Waals surface area contributed by atoms with Crippen molar-refractivity contribution in [1.82, 2.24) is 10.0 Å². The molecule has 0 saturated heterocycles. The van der Waals surface area contributed by atoms with E-state index in [1.807, 2.05) is 45.0 Å². The van der Waals surface area contributed by atoms with Crippen molar-refractivity contribution >= 4 is 23.7 Å². The van der Waals surface area contributed by atoms with Crippen molar-refractivity contribution in [2.24, 2.45) is 0 Å². The van der Waals surface area contributed by atoms with Crippen molar-refractivity contribution in [3.63, 3.8) is 0 Å². The molecule has 0 radical (unpaired) electrons. The van der Waals surface area contributed by atoms with E-state index in [0.717, 1.165) is 23.5 Å². The van der Waals surface area contributed by atoms with Crippen LogP contribution in [0.3, 0.4) is 0 Å². The first-order chi connectivity index (χ1) is 10.4. The lowest BCUT2D eigenvalue weighted by atomic mass is 10.2. The fourth-order valence-corrected chi connectivity index (χ4v) is 2.37. The number of carbonyl (C=O) groups is 1. The van der Waals surface area contributed by atoms with Gasteiger partial charge in [0.2, 0.25) is 0 Å². The number of quaternary nitrogens is 1. The molecule has 0 saturated carbocycles. The Morgan fingerprint density at radius 2 is 2.00 bits per heavy atom. The van der Waals surface area contributed by atoms with Crippen molar-refractivity contribution in [2.45, 2.75) is 37.7 Å². The summed E-state index contributed by atoms with van der Waals surface area (Å²) in [5.74, 6) is 0. The molecule has 0 fully saturated rings. The van der Waals surface area contributed by atoms with Gasteiger partial charge in [0.05, 0.1) is 12.0 Å². The highest BCUT2D eigenvalue weighted by Gasteiger charge is 2.15. The molecule has 0 atom stereocenters. The third-order valence-electron chi connectivity index (χ3n) is 2.47. The Balaban J connectivity index is 2.17. The minimum atomic E-state index is -0.459. The van der Waals surface area contributed by atoms with Gasteiger partial charge in [-0.3, -0.25) is 4.72 Å². The third-order valence-corrected chi connectivity index (χ3v) is 3.41. The summed E-state index contributed by atoms with van der Waals surface area (Å²) in [4.78, 5) is 17.6. The molecule has 0 aliphatic rings. The topological polar surface area (TPSA) is 76.2 Å². The molecule has 1 rings (SSSR count). The second-order valence-electron chi connectivity index (χ2n) is 5.67. The Hall–Kier alpha value is -1.28. The maximum atomic E-state index is 11.5. The molecule has 22 heavy (non-hydrogen) atoms. The van der Waals surface area contributed by atoms with Gasteiger partial charge in [-0.05, 0) is 45.2 Å². The first-order valence-corrected chi connectivity index (χ1v) is 8.05. The summed E-state index contributed by atoms with van der Waals surface area (Å²) >= 11 is 1.55. The summed E-state index contributed by atoms with van der Waals surface area (Å²) < 4.78 is 8.43. The predicted octanol–water partition coefficient (Wildman–Crippen LogP) is 1.95. The van der Waals surface area contributed by atoms with Crippen LogP contribution in [0.2, 0.25) is 0 Å². The highest BCUT2D eigenvalue weighted by Crippen LogP contribution is 2.20. The van der Waals surface area contributed by atoms with Gasteiger partial charge in [0.1, 0.15) is 5.60 Å². The zero-order chi connectivity index (χ0) is 16.4. The largest absolute Gasteiger partial charge is 0.444 e. The monoisotopic (exact) mass is 328 g/mol. The van der Waals surface area contributed by atoms with Crippen molar-refractivity contribution < 1.29 is 19.8 Å². The first kappa shape index (κ1) is 18.8. The highest BCUT2D eigenvalue weighted by atomic mass is 32.2. The molecular weight excluding hydrogens is 302 g/mol. The van der Waals surface area contributed by atoms with Gasteiger partial charge in [0.25, 0.3) is 0 Å². The van der Waals surface area contributed by atoms with Gasteiger partial charge in [-0.2, -0.15) is 5.48 Å². The average molecular weight is 328 g/mol. The minimum absolute atomic E-state index is 0.375. The minimum Gasteiger partial charge on any atom is -0.444 e. The van der Waals surface area contributed by atoms with Crippen LogP contribution in [0.25, 0.3) is 0 Å². The van der Waals surface area contributed by atoms with Crippen LogP contribution in [-0.4, -0.2) is 31.9 Å². The number of hydrogen-bond acceptors (Lipinski definition) is 5. The normalized spacial score (nSPS) is 11.3. The van der Waals surface area contributed by atoms with Gasteiger partial charge >= 0.3 is 6.09 Å². The molecule has 6 nitrogen and oxygen atoms in total. The molecule has 124 valence electrons. The molecule has 1 aromatic carbocycles. The van der Waals surface area contributed by atoms with Gasteiger partial charge in [-0.15, -0.1) is 0 Å². The number of alkyl carbamates (subject to hydrolysis) is 1. The molecule has 0 spiro atoms. The highest BCUT2D eigenvalue weighted by molar-refractivity contribution is 7.97. The van der Waals surface area contributed by atoms with Gasteiger partial charge in [-0.1, -0.05) is 12.1 Å². The molecule has 0 aromatic heterocycles. The maximum absolute atomic E-state index is 11.5. The Kier molecular flexibility index (Phi) is 8.26. The summed E-state index contributed by atoms with van der Waals surface area (Å²) in [5.41, 5.74) is 2.29. The van der Waals surface area contributed by atoms with Crippen LogP contribution in [0.4, 0.5) is 10.5 Å². The third kappa shape index (κ3) is 8.23. The van der Waals surface area contributed by atoms with Crippen LogP contribution >= 0.6 is 11.9 Å². The Bertz CT molecular complexity index is 464. The molecule has 0 heterocycles. The van der Waals surface area contributed by atoms with E-state index in [-0.39, 0.29) is 6.09 Å². The molecule has 7 heteroatoms. The summed E-state index contributed by atoms with van der Waals surface area (Å²) in [5, 5.41) is 2.73. The van der Waals surface area contributed by atoms with Gasteiger partial charge in [0.15, 0.2) is 5.69 Å². The van der Waals surface area contributed by atoms with E-state index in [1.165, 1.54) is 0 Å². The van der Waals surface area contributed by atoms with Gasteiger partial charge in [-0.25, -0.2) is 9.63 Å². The van der Waals surface area contributed by atoms with Crippen molar-refractivity contribution in [2.75, 3.05) is 20.2 Å². The number of benzene rings is 1. The Morgan fingerprint density at radius 1 is 1.27 bits per heavy atom. The number of ether oxygens (including phenoxy) is 1. The Labute approximate surface area is 136 Å². The quantitative estimate of drug-likeness (QED) is 0.294. The number of rotatable bonds is 8. The summed E-state index contributed by atoms with van der Waals surface area (Å²) in [6.45, 7) is 6.90. The van der Waals surface area contributed by atoms with Crippen LogP contribution in [0, 0.1) is 0 Å². The molecule has 0 unspecified atom stereocenters. The van der Waals surface area contributed by atoms with E-state index in [4.69, 9.17) is 9.57 Å². The number of carbonyl (C=O) groups excluding carboxylic acids is 1. The van der Waals surface area contributed by atoms with Gasteiger partial charge in [0, 0.05) is 19.2 Å². The number of nitrogens with one attached hydrogen (secondary N) is 2. The van der Waals surface area contributed by atoms with E-state index in [2.05, 4.69) is 10.0 Å². The average Bonchev–Trinajstić information content (AvgIpc) is 2.42. The van der Waals surface area contributed by atoms with Crippen LogP contribution in [0.15, 0.2) is 29.2 Å². The zero-order valence-electron chi connectivity index (χ0n) is 13.6. The Morgan fingerprint density at radius 3 is 2.68 bits per heavy atom. The molecule has 0 aliphatic heterocycles. The summed E-state index contributed by atoms with van der Waals surface area (Å²) in [6.07, 6.45) is 0.447. The van der Waals surface area contributed by atoms with E-state index >= 15 is 0 Å². The van der Waals surface area contributed by atoms with Gasteiger partial charge < -0.3 is 10.1 Å². The lowest BCUT2D eigenvalue weighted by Gasteiger charge is -2.19. The van der Waals surface area contributed by atoms with Crippen LogP contribution in [-0.2, 0) is 9.57 Å². The van der Waals surface area contributed by atoms with Crippen molar-refractivity contribution in [3.05, 3.63) is 24.3 Å². The lowest BCUT2D eigenvalue weighted by Crippen LogP contribution is -2.76. The first-order valence-electron chi connectivity index (χ1n) is 7.24. The second-order valence-corrected chi connectivity index (χ2v) is 6.60. The van der Waals surface area contributed by atoms with E-state index < -0.39 is 5.60 Å². The van der Waals surface area contributed by atoms with E-state index in [1.54, 1.807) is 24.5 Å². The standard InChI is InChI=1S/C15H25N3O3S/c1-15(2,3)21-14(19)16-10-7-11-17-22-13-9-6-5-8-12(13)18-20-4/h5-6,8-9,17-18H,7,10-11H2,1-4H3,(H,16,19)/p+1. The number of amides is 1. The lowest BCUT2D eigenvalue weighted by molar-refractivity contribution is -0.831. The molecule has 0 aliphatic carbocycles. The SMILES string of the molecule is CO[NH2+]c1ccccc1SNCCCNC(=O)OC(C)(C)C. The van der Waals surface area contributed by atoms with Crippen LogP contribution in [0.5, 0.6) is 0 Å². The second kappa shape index (κ2) is 9.68. The molecule has 1 aromatic rings. The van der Waals surface area contributed by atoms with Crippen molar-refractivity contribution in [1.29, 1.82) is 0 Å². The zero-order valence-corrected chi connectivity index (χ0v) is 14.5. The molecule has 1 amide bonds. The fourth-order valence-electron chi connectivity index (χ4n) is 1.59. The summed E-state index contributed by atoms with van der Waals surface area (Å²) in [7, 11) is 1.64. The van der Waals surface area contributed by atoms with E-state index in [0.29, 0.717) is 6.54 Å². The molecular formula is C15H26N3O3S+. The summed E-state index contributed by atoms with van der Waals surface area (Å²) in [6, 6.07) is 7.99. The van der Waals surface area contributed by atoms with Crippen LogP contribution < -0.4 is 15.5 Å².